The van der Waals surface area contributed by atoms with Crippen molar-refractivity contribution in [3.05, 3.63) is 35.9 Å². The normalized spacial score (nSPS) is 18.5. The predicted molar refractivity (Wildman–Crippen MR) is 93.4 cm³/mol. The quantitative estimate of drug-likeness (QED) is 0.739. The van der Waals surface area contributed by atoms with E-state index >= 15 is 0 Å². The molecule has 1 N–H and O–H groups in total. The van der Waals surface area contributed by atoms with Crippen LogP contribution in [0.15, 0.2) is 30.3 Å². The molecule has 0 bridgehead atoms. The van der Waals surface area contributed by atoms with Crippen LogP contribution < -0.4 is 0 Å². The zero-order valence-electron chi connectivity index (χ0n) is 14.7. The summed E-state index contributed by atoms with van der Waals surface area (Å²) in [5, 5.41) is 9.09. The molecule has 25 heavy (non-hydrogen) atoms. The third-order valence-corrected chi connectivity index (χ3v) is 4.30. The fraction of sp³-hybridized carbons (Fsp3) is 0.579. The number of aliphatic carboxylic acids is 1. The number of benzene rings is 1. The molecule has 1 heterocycles. The molecule has 2 rings (SSSR count). The minimum atomic E-state index is -1.02. The summed E-state index contributed by atoms with van der Waals surface area (Å²) in [6, 6.07) is 9.70. The van der Waals surface area contributed by atoms with E-state index in [2.05, 4.69) is 0 Å². The van der Waals surface area contributed by atoms with Crippen molar-refractivity contribution >= 4 is 11.9 Å². The maximum Gasteiger partial charge on any atom is 0.323 e. The number of carbonyl (C=O) groups excluding carboxylic acids is 1. The largest absolute Gasteiger partial charge is 0.480 e. The lowest BCUT2D eigenvalue weighted by atomic mass is 10.1. The first kappa shape index (κ1) is 19.4. The van der Waals surface area contributed by atoms with Crippen LogP contribution in [0.1, 0.15) is 31.7 Å². The summed E-state index contributed by atoms with van der Waals surface area (Å²) in [6.07, 6.45) is 3.07. The average molecular weight is 349 g/mol. The third-order valence-electron chi connectivity index (χ3n) is 4.30. The van der Waals surface area contributed by atoms with Crippen molar-refractivity contribution < 1.29 is 24.2 Å². The van der Waals surface area contributed by atoms with Crippen LogP contribution in [-0.2, 0) is 25.5 Å². The van der Waals surface area contributed by atoms with Gasteiger partial charge in [0.2, 0.25) is 0 Å². The topological polar surface area (TPSA) is 76.1 Å². The van der Waals surface area contributed by atoms with Gasteiger partial charge in [-0.15, -0.1) is 0 Å². The van der Waals surface area contributed by atoms with Crippen molar-refractivity contribution in [3.63, 3.8) is 0 Å². The molecule has 2 unspecified atom stereocenters. The first-order chi connectivity index (χ1) is 12.1. The molecule has 0 saturated carbocycles. The van der Waals surface area contributed by atoms with Gasteiger partial charge >= 0.3 is 5.97 Å². The van der Waals surface area contributed by atoms with E-state index < -0.39 is 12.1 Å². The second kappa shape index (κ2) is 10.2. The van der Waals surface area contributed by atoms with E-state index in [1.807, 2.05) is 30.3 Å². The lowest BCUT2D eigenvalue weighted by Gasteiger charge is -2.27. The van der Waals surface area contributed by atoms with Gasteiger partial charge in [-0.3, -0.25) is 9.59 Å². The number of amides is 1. The maximum atomic E-state index is 12.6. The van der Waals surface area contributed by atoms with E-state index in [-0.39, 0.29) is 18.6 Å². The molecule has 0 aromatic heterocycles. The summed E-state index contributed by atoms with van der Waals surface area (Å²) < 4.78 is 11.2. The van der Waals surface area contributed by atoms with Crippen molar-refractivity contribution in [3.8, 4) is 0 Å². The fourth-order valence-corrected chi connectivity index (χ4v) is 2.86. The number of carboxylic acid groups (broad SMARTS) is 1. The predicted octanol–water partition coefficient (Wildman–Crippen LogP) is 2.12. The minimum absolute atomic E-state index is 0.0289. The van der Waals surface area contributed by atoms with Crippen molar-refractivity contribution in [1.82, 2.24) is 4.90 Å². The number of ether oxygens (including phenoxy) is 2. The molecule has 6 heteroatoms. The van der Waals surface area contributed by atoms with Crippen LogP contribution in [0.2, 0.25) is 0 Å². The molecule has 1 amide bonds. The Morgan fingerprint density at radius 1 is 1.32 bits per heavy atom. The molecule has 0 aliphatic carbocycles. The Bertz CT molecular complexity index is 542. The molecule has 0 spiro atoms. The van der Waals surface area contributed by atoms with Gasteiger partial charge in [0.15, 0.2) is 0 Å². The van der Waals surface area contributed by atoms with Gasteiger partial charge in [-0.1, -0.05) is 30.3 Å². The lowest BCUT2D eigenvalue weighted by molar-refractivity contribution is -0.152. The number of hydrogen-bond acceptors (Lipinski definition) is 4. The van der Waals surface area contributed by atoms with Gasteiger partial charge in [-0.25, -0.2) is 0 Å². The van der Waals surface area contributed by atoms with Crippen LogP contribution in [0.5, 0.6) is 0 Å². The van der Waals surface area contributed by atoms with E-state index in [4.69, 9.17) is 14.6 Å². The Labute approximate surface area is 148 Å². The third kappa shape index (κ3) is 6.84. The zero-order valence-corrected chi connectivity index (χ0v) is 14.7. The van der Waals surface area contributed by atoms with Crippen molar-refractivity contribution in [1.29, 1.82) is 0 Å². The van der Waals surface area contributed by atoms with Crippen LogP contribution in [0.4, 0.5) is 0 Å². The smallest absolute Gasteiger partial charge is 0.323 e. The van der Waals surface area contributed by atoms with E-state index in [1.54, 1.807) is 6.92 Å². The minimum Gasteiger partial charge on any atom is -0.480 e. The van der Waals surface area contributed by atoms with Crippen molar-refractivity contribution in [2.24, 2.45) is 0 Å². The van der Waals surface area contributed by atoms with Gasteiger partial charge in [0.1, 0.15) is 12.6 Å². The molecule has 2 atom stereocenters. The van der Waals surface area contributed by atoms with Crippen LogP contribution in [0, 0.1) is 0 Å². The Morgan fingerprint density at radius 3 is 2.72 bits per heavy atom. The van der Waals surface area contributed by atoms with Gasteiger partial charge in [-0.05, 0) is 38.2 Å². The summed E-state index contributed by atoms with van der Waals surface area (Å²) in [5.41, 5.74) is 1.06. The summed E-state index contributed by atoms with van der Waals surface area (Å²) >= 11 is 0. The van der Waals surface area contributed by atoms with Gasteiger partial charge in [0.05, 0.1) is 12.7 Å². The second-order valence-electron chi connectivity index (χ2n) is 6.35. The summed E-state index contributed by atoms with van der Waals surface area (Å²) in [5.74, 6) is -1.32. The van der Waals surface area contributed by atoms with Gasteiger partial charge in [0.25, 0.3) is 5.91 Å². The Kier molecular flexibility index (Phi) is 7.88. The molecule has 138 valence electrons. The number of nitrogens with zero attached hydrogens (tertiary/aromatic N) is 1. The number of rotatable bonds is 9. The van der Waals surface area contributed by atoms with Gasteiger partial charge in [0, 0.05) is 13.2 Å². The highest BCUT2D eigenvalue weighted by molar-refractivity contribution is 5.84. The molecule has 1 aliphatic rings. The molecular formula is C19H27NO5. The fourth-order valence-electron chi connectivity index (χ4n) is 2.86. The monoisotopic (exact) mass is 349 g/mol. The highest BCUT2D eigenvalue weighted by Gasteiger charge is 2.24. The van der Waals surface area contributed by atoms with Gasteiger partial charge in [-0.2, -0.15) is 0 Å². The molecule has 1 aromatic carbocycles. The Morgan fingerprint density at radius 2 is 2.08 bits per heavy atom. The number of carbonyl (C=O) groups is 2. The molecule has 6 nitrogen and oxygen atoms in total. The molecule has 1 saturated heterocycles. The SMILES string of the molecule is CC(OCC1CCCCO1)C(=O)N(CCc1ccccc1)CC(=O)O. The Balaban J connectivity index is 1.85. The lowest BCUT2D eigenvalue weighted by Crippen LogP contribution is -2.44. The highest BCUT2D eigenvalue weighted by Crippen LogP contribution is 2.14. The Hall–Kier alpha value is -1.92. The summed E-state index contributed by atoms with van der Waals surface area (Å²) in [7, 11) is 0. The number of carboxylic acids is 1. The van der Waals surface area contributed by atoms with Gasteiger partial charge < -0.3 is 19.5 Å². The molecule has 0 radical (unpaired) electrons. The van der Waals surface area contributed by atoms with Crippen LogP contribution in [0.25, 0.3) is 0 Å². The summed E-state index contributed by atoms with van der Waals surface area (Å²) in [4.78, 5) is 25.0. The first-order valence-corrected chi connectivity index (χ1v) is 8.84. The van der Waals surface area contributed by atoms with Crippen LogP contribution in [-0.4, -0.2) is 60.4 Å². The summed E-state index contributed by atoms with van der Waals surface area (Å²) in [6.45, 7) is 2.80. The van der Waals surface area contributed by atoms with E-state index in [0.717, 1.165) is 31.4 Å². The molecular weight excluding hydrogens is 322 g/mol. The molecule has 1 fully saturated rings. The van der Waals surface area contributed by atoms with Crippen molar-refractivity contribution in [2.75, 3.05) is 26.3 Å². The standard InChI is InChI=1S/C19H27NO5/c1-15(25-14-17-9-5-6-12-24-17)19(23)20(13-18(21)22)11-10-16-7-3-2-4-8-16/h2-4,7-8,15,17H,5-6,9-14H2,1H3,(H,21,22). The second-order valence-corrected chi connectivity index (χ2v) is 6.35. The number of hydrogen-bond donors (Lipinski definition) is 1. The van der Waals surface area contributed by atoms with E-state index in [9.17, 15) is 9.59 Å². The molecule has 1 aromatic rings. The first-order valence-electron chi connectivity index (χ1n) is 8.84. The van der Waals surface area contributed by atoms with Crippen LogP contribution >= 0.6 is 0 Å². The zero-order chi connectivity index (χ0) is 18.1. The maximum absolute atomic E-state index is 12.6. The molecule has 1 aliphatic heterocycles. The van der Waals surface area contributed by atoms with E-state index in [1.165, 1.54) is 4.90 Å². The average Bonchev–Trinajstić information content (AvgIpc) is 2.64. The van der Waals surface area contributed by atoms with Crippen molar-refractivity contribution in [2.45, 2.75) is 44.8 Å². The van der Waals surface area contributed by atoms with E-state index in [0.29, 0.717) is 19.6 Å². The highest BCUT2D eigenvalue weighted by atomic mass is 16.5. The van der Waals surface area contributed by atoms with Crippen LogP contribution in [0.3, 0.4) is 0 Å².